The number of carbonyl (C=O) groups is 1. The predicted molar refractivity (Wildman–Crippen MR) is 80.7 cm³/mol. The van der Waals surface area contributed by atoms with Gasteiger partial charge in [-0.05, 0) is 23.6 Å². The topological polar surface area (TPSA) is 67.2 Å². The summed E-state index contributed by atoms with van der Waals surface area (Å²) in [5, 5.41) is 13.1. The highest BCUT2D eigenvalue weighted by molar-refractivity contribution is 5.92. The molecule has 0 unspecified atom stereocenters. The van der Waals surface area contributed by atoms with Gasteiger partial charge in [-0.2, -0.15) is 0 Å². The van der Waals surface area contributed by atoms with E-state index in [1.807, 2.05) is 41.1 Å². The molecular formula is C16H15N3O2. The average Bonchev–Trinajstić information content (AvgIpc) is 2.91. The van der Waals surface area contributed by atoms with Gasteiger partial charge >= 0.3 is 0 Å². The Kier molecular flexibility index (Phi) is 3.66. The number of pyridine rings is 1. The van der Waals surface area contributed by atoms with Gasteiger partial charge in [0.05, 0.1) is 18.5 Å². The number of para-hydroxylation sites is 1. The fourth-order valence-electron chi connectivity index (χ4n) is 2.30. The van der Waals surface area contributed by atoms with Crippen molar-refractivity contribution in [2.45, 2.75) is 13.2 Å². The summed E-state index contributed by atoms with van der Waals surface area (Å²) in [6.07, 6.45) is 5.01. The Morgan fingerprint density at radius 3 is 2.95 bits per heavy atom. The number of aliphatic hydroxyl groups is 1. The van der Waals surface area contributed by atoms with Crippen LogP contribution in [0.3, 0.4) is 0 Å². The fourth-order valence-corrected chi connectivity index (χ4v) is 2.30. The minimum absolute atomic E-state index is 0.134. The van der Waals surface area contributed by atoms with Crippen LogP contribution in [0.2, 0.25) is 0 Å². The number of carbonyl (C=O) groups excluding carboxylic acids is 1. The molecule has 5 heteroatoms. The largest absolute Gasteiger partial charge is 0.392 e. The lowest BCUT2D eigenvalue weighted by molar-refractivity contribution is -0.116. The van der Waals surface area contributed by atoms with Gasteiger partial charge in [-0.25, -0.2) is 0 Å². The third-order valence-electron chi connectivity index (χ3n) is 3.35. The van der Waals surface area contributed by atoms with Gasteiger partial charge in [0, 0.05) is 23.5 Å². The average molecular weight is 281 g/mol. The third-order valence-corrected chi connectivity index (χ3v) is 3.35. The van der Waals surface area contributed by atoms with Crippen molar-refractivity contribution in [3.8, 4) is 0 Å². The summed E-state index contributed by atoms with van der Waals surface area (Å²) in [6, 6.07) is 11.6. The van der Waals surface area contributed by atoms with E-state index >= 15 is 0 Å². The maximum atomic E-state index is 12.2. The maximum absolute atomic E-state index is 12.2. The number of nitrogens with one attached hydrogen (secondary N) is 1. The highest BCUT2D eigenvalue weighted by Gasteiger charge is 2.08. The molecule has 1 aromatic carbocycles. The number of rotatable bonds is 4. The molecule has 106 valence electrons. The van der Waals surface area contributed by atoms with Crippen molar-refractivity contribution < 1.29 is 9.90 Å². The summed E-state index contributed by atoms with van der Waals surface area (Å²) in [4.78, 5) is 16.1. The summed E-state index contributed by atoms with van der Waals surface area (Å²) < 4.78 is 1.89. The first-order valence-corrected chi connectivity index (χ1v) is 6.65. The molecule has 2 aromatic heterocycles. The van der Waals surface area contributed by atoms with Crippen LogP contribution in [0.4, 0.5) is 5.69 Å². The number of hydrogen-bond donors (Lipinski definition) is 2. The Labute approximate surface area is 121 Å². The van der Waals surface area contributed by atoms with Gasteiger partial charge < -0.3 is 15.0 Å². The molecule has 3 aromatic rings. The van der Waals surface area contributed by atoms with E-state index in [1.54, 1.807) is 12.3 Å². The van der Waals surface area contributed by atoms with Gasteiger partial charge in [-0.3, -0.25) is 9.78 Å². The highest BCUT2D eigenvalue weighted by Crippen LogP contribution is 2.16. The number of aromatic nitrogens is 2. The molecule has 21 heavy (non-hydrogen) atoms. The number of benzene rings is 1. The first-order chi connectivity index (χ1) is 10.3. The van der Waals surface area contributed by atoms with Gasteiger partial charge in [0.1, 0.15) is 6.54 Å². The van der Waals surface area contributed by atoms with Crippen LogP contribution < -0.4 is 5.32 Å². The molecule has 0 bridgehead atoms. The smallest absolute Gasteiger partial charge is 0.244 e. The summed E-state index contributed by atoms with van der Waals surface area (Å²) >= 11 is 0. The minimum Gasteiger partial charge on any atom is -0.392 e. The monoisotopic (exact) mass is 281 g/mol. The molecule has 0 saturated heterocycles. The predicted octanol–water partition coefficient (Wildman–Crippen LogP) is 2.17. The van der Waals surface area contributed by atoms with Crippen LogP contribution in [-0.2, 0) is 17.9 Å². The van der Waals surface area contributed by atoms with E-state index in [2.05, 4.69) is 10.3 Å². The van der Waals surface area contributed by atoms with Crippen molar-refractivity contribution in [1.29, 1.82) is 0 Å². The molecule has 0 fully saturated rings. The number of fused-ring (bicyclic) bond motifs is 1. The molecule has 2 N–H and O–H groups in total. The molecule has 0 aliphatic rings. The first kappa shape index (κ1) is 13.3. The molecule has 0 radical (unpaired) electrons. The van der Waals surface area contributed by atoms with Crippen LogP contribution in [0.15, 0.2) is 55.0 Å². The van der Waals surface area contributed by atoms with Crippen molar-refractivity contribution in [2.75, 3.05) is 5.32 Å². The molecule has 0 aliphatic carbocycles. The van der Waals surface area contributed by atoms with Crippen LogP contribution >= 0.6 is 0 Å². The van der Waals surface area contributed by atoms with E-state index in [9.17, 15) is 9.90 Å². The second-order valence-electron chi connectivity index (χ2n) is 4.74. The van der Waals surface area contributed by atoms with E-state index in [0.717, 1.165) is 10.9 Å². The summed E-state index contributed by atoms with van der Waals surface area (Å²) in [5.41, 5.74) is 2.21. The van der Waals surface area contributed by atoms with Gasteiger partial charge in [0.15, 0.2) is 0 Å². The third kappa shape index (κ3) is 2.78. The Morgan fingerprint density at radius 2 is 2.10 bits per heavy atom. The summed E-state index contributed by atoms with van der Waals surface area (Å²) in [6.45, 7) is 0.0812. The number of nitrogens with zero attached hydrogens (tertiary/aromatic N) is 2. The normalized spacial score (nSPS) is 10.7. The van der Waals surface area contributed by atoms with E-state index in [-0.39, 0.29) is 19.1 Å². The molecule has 5 nitrogen and oxygen atoms in total. The molecule has 2 heterocycles. The maximum Gasteiger partial charge on any atom is 0.244 e. The molecular weight excluding hydrogens is 266 g/mol. The second kappa shape index (κ2) is 5.76. The van der Waals surface area contributed by atoms with E-state index in [0.29, 0.717) is 11.3 Å². The SMILES string of the molecule is O=C(Cn1ccc2ccccc21)Nc1cnccc1CO. The van der Waals surface area contributed by atoms with Crippen molar-refractivity contribution in [3.05, 3.63) is 60.6 Å². The summed E-state index contributed by atoms with van der Waals surface area (Å²) in [7, 11) is 0. The molecule has 0 saturated carbocycles. The molecule has 3 rings (SSSR count). The van der Waals surface area contributed by atoms with Gasteiger partial charge in [-0.1, -0.05) is 18.2 Å². The zero-order chi connectivity index (χ0) is 14.7. The van der Waals surface area contributed by atoms with Crippen LogP contribution in [0, 0.1) is 0 Å². The van der Waals surface area contributed by atoms with Crippen molar-refractivity contribution in [2.24, 2.45) is 0 Å². The van der Waals surface area contributed by atoms with Crippen LogP contribution in [0.5, 0.6) is 0 Å². The molecule has 1 amide bonds. The highest BCUT2D eigenvalue weighted by atomic mass is 16.3. The molecule has 0 aliphatic heterocycles. The zero-order valence-corrected chi connectivity index (χ0v) is 11.4. The zero-order valence-electron chi connectivity index (χ0n) is 11.4. The van der Waals surface area contributed by atoms with E-state index in [1.165, 1.54) is 6.20 Å². The van der Waals surface area contributed by atoms with Crippen LogP contribution in [-0.4, -0.2) is 20.6 Å². The van der Waals surface area contributed by atoms with Crippen LogP contribution in [0.1, 0.15) is 5.56 Å². The van der Waals surface area contributed by atoms with Gasteiger partial charge in [0.2, 0.25) is 5.91 Å². The second-order valence-corrected chi connectivity index (χ2v) is 4.74. The summed E-state index contributed by atoms with van der Waals surface area (Å²) in [5.74, 6) is -0.154. The molecule has 0 atom stereocenters. The lowest BCUT2D eigenvalue weighted by atomic mass is 10.2. The molecule has 0 spiro atoms. The Morgan fingerprint density at radius 1 is 1.24 bits per heavy atom. The number of amides is 1. The Hall–Kier alpha value is -2.66. The Balaban J connectivity index is 1.77. The number of anilines is 1. The van der Waals surface area contributed by atoms with Gasteiger partial charge in [-0.15, -0.1) is 0 Å². The minimum atomic E-state index is -0.154. The number of aliphatic hydroxyl groups excluding tert-OH is 1. The Bertz CT molecular complexity index is 780. The van der Waals surface area contributed by atoms with E-state index in [4.69, 9.17) is 0 Å². The van der Waals surface area contributed by atoms with Crippen molar-refractivity contribution in [3.63, 3.8) is 0 Å². The standard InChI is InChI=1S/C16H15N3O2/c20-11-13-5-7-17-9-14(13)18-16(21)10-19-8-6-12-3-1-2-4-15(12)19/h1-9,20H,10-11H2,(H,18,21). The first-order valence-electron chi connectivity index (χ1n) is 6.65. The van der Waals surface area contributed by atoms with E-state index < -0.39 is 0 Å². The van der Waals surface area contributed by atoms with Crippen molar-refractivity contribution in [1.82, 2.24) is 9.55 Å². The van der Waals surface area contributed by atoms with Gasteiger partial charge in [0.25, 0.3) is 0 Å². The lowest BCUT2D eigenvalue weighted by Gasteiger charge is -2.10. The van der Waals surface area contributed by atoms with Crippen molar-refractivity contribution >= 4 is 22.5 Å². The lowest BCUT2D eigenvalue weighted by Crippen LogP contribution is -2.19. The fraction of sp³-hybridized carbons (Fsp3) is 0.125. The quantitative estimate of drug-likeness (QED) is 0.770. The van der Waals surface area contributed by atoms with Crippen LogP contribution in [0.25, 0.3) is 10.9 Å². The number of hydrogen-bond acceptors (Lipinski definition) is 3.